The van der Waals surface area contributed by atoms with E-state index in [1.165, 1.54) is 7.11 Å². The van der Waals surface area contributed by atoms with Crippen LogP contribution in [0.25, 0.3) is 0 Å². The molecule has 1 atom stereocenters. The molecule has 0 fully saturated rings. The van der Waals surface area contributed by atoms with Crippen molar-refractivity contribution >= 4 is 48.2 Å². The molecule has 3 N–H and O–H groups in total. The Morgan fingerprint density at radius 1 is 0.962 bits per heavy atom. The molecule has 0 saturated heterocycles. The first kappa shape index (κ1) is 21.3. The van der Waals surface area contributed by atoms with Crippen molar-refractivity contribution in [3.63, 3.8) is 0 Å². The van der Waals surface area contributed by atoms with E-state index in [-0.39, 0.29) is 25.3 Å². The van der Waals surface area contributed by atoms with Gasteiger partial charge in [0.15, 0.2) is 0 Å². The van der Waals surface area contributed by atoms with Gasteiger partial charge in [-0.15, -0.1) is 0 Å². The van der Waals surface area contributed by atoms with Gasteiger partial charge in [-0.2, -0.15) is 0 Å². The molecule has 0 saturated carbocycles. The Bertz CT molecular complexity index is 750. The summed E-state index contributed by atoms with van der Waals surface area (Å²) in [6.45, 7) is 0. The number of carbonyl (C=O) groups excluding carboxylic acids is 2. The van der Waals surface area contributed by atoms with Crippen LogP contribution in [-0.2, 0) is 20.7 Å². The minimum absolute atomic E-state index is 0. The number of rotatable bonds is 6. The zero-order valence-corrected chi connectivity index (χ0v) is 13.6. The quantitative estimate of drug-likeness (QED) is 0.547. The minimum atomic E-state index is -1.20. The summed E-state index contributed by atoms with van der Waals surface area (Å²) in [5.41, 5.74) is 1.69. The summed E-state index contributed by atoms with van der Waals surface area (Å²) in [5, 5.41) is 14.4. The zero-order chi connectivity index (χ0) is 18.2. The molecule has 0 heterocycles. The van der Waals surface area contributed by atoms with Gasteiger partial charge in [0.25, 0.3) is 0 Å². The first-order valence-electron chi connectivity index (χ1n) is 7.52. The molecule has 26 heavy (non-hydrogen) atoms. The van der Waals surface area contributed by atoms with E-state index in [9.17, 15) is 19.5 Å². The fourth-order valence-corrected chi connectivity index (χ4v) is 2.18. The summed E-state index contributed by atoms with van der Waals surface area (Å²) >= 11 is 0. The molecular weight excluding hydrogens is 331 g/mol. The summed E-state index contributed by atoms with van der Waals surface area (Å²) in [4.78, 5) is 34.8. The third-order valence-corrected chi connectivity index (χ3v) is 3.48. The maximum atomic E-state index is 12.3. The normalized spacial score (nSPS) is 10.8. The molecule has 2 amide bonds. The van der Waals surface area contributed by atoms with Crippen molar-refractivity contribution in [1.82, 2.24) is 0 Å². The number of hydrogen-bond acceptors (Lipinski definition) is 4. The number of carboxylic acids is 1. The molecule has 0 aliphatic rings. The number of benzene rings is 2. The molecule has 1 unspecified atom stereocenters. The number of amides is 2. The predicted molar refractivity (Wildman–Crippen MR) is 99.5 cm³/mol. The Labute approximate surface area is 162 Å². The second kappa shape index (κ2) is 10.3. The van der Waals surface area contributed by atoms with E-state index in [0.717, 1.165) is 5.56 Å². The zero-order valence-electron chi connectivity index (χ0n) is 13.6. The second-order valence-corrected chi connectivity index (χ2v) is 5.26. The third-order valence-electron chi connectivity index (χ3n) is 3.48. The number of anilines is 2. The number of carboxylic acid groups (broad SMARTS) is 1. The van der Waals surface area contributed by atoms with Crippen LogP contribution >= 0.6 is 0 Å². The molecule has 0 aliphatic carbocycles. The van der Waals surface area contributed by atoms with Crippen LogP contribution in [0.1, 0.15) is 5.56 Å². The average molecular weight is 350 g/mol. The molecule has 7 nitrogen and oxygen atoms in total. The molecular formula is C18H19LiN2O5. The summed E-state index contributed by atoms with van der Waals surface area (Å²) in [6.07, 6.45) is -0.505. The van der Waals surface area contributed by atoms with Crippen molar-refractivity contribution in [2.75, 3.05) is 17.7 Å². The fraction of sp³-hybridized carbons (Fsp3) is 0.167. The number of ether oxygens (including phenoxy) is 1. The fourth-order valence-electron chi connectivity index (χ4n) is 2.18. The number of carbonyl (C=O) groups is 3. The van der Waals surface area contributed by atoms with E-state index in [4.69, 9.17) is 0 Å². The molecule has 8 heteroatoms. The van der Waals surface area contributed by atoms with Crippen molar-refractivity contribution in [3.8, 4) is 0 Å². The SMILES string of the molecule is COC(=O)Nc1ccc(NC(=O)C(Cc2ccccc2)C(=O)O)cc1.[LiH]. The van der Waals surface area contributed by atoms with Gasteiger partial charge in [-0.3, -0.25) is 14.9 Å². The molecule has 132 valence electrons. The standard InChI is InChI=1S/C18H18N2O5.Li.H/c1-25-18(24)20-14-9-7-13(8-10-14)19-16(21)15(17(22)23)11-12-5-3-2-4-6-12;;/h2-10,15H,11H2,1H3,(H,19,21)(H,20,24)(H,22,23);;. The Balaban J connectivity index is 0.00000338. The van der Waals surface area contributed by atoms with Gasteiger partial charge in [-0.1, -0.05) is 30.3 Å². The van der Waals surface area contributed by atoms with Gasteiger partial charge in [0.05, 0.1) is 7.11 Å². The average Bonchev–Trinajstić information content (AvgIpc) is 2.61. The van der Waals surface area contributed by atoms with Crippen LogP contribution in [0.15, 0.2) is 54.6 Å². The van der Waals surface area contributed by atoms with Crippen molar-refractivity contribution in [1.29, 1.82) is 0 Å². The number of nitrogens with one attached hydrogen (secondary N) is 2. The summed E-state index contributed by atoms with van der Waals surface area (Å²) in [7, 11) is 1.25. The Morgan fingerprint density at radius 2 is 1.50 bits per heavy atom. The summed E-state index contributed by atoms with van der Waals surface area (Å²) < 4.78 is 4.48. The summed E-state index contributed by atoms with van der Waals surface area (Å²) in [6, 6.07) is 15.2. The predicted octanol–water partition coefficient (Wildman–Crippen LogP) is 2.10. The van der Waals surface area contributed by atoms with Crippen LogP contribution in [0.2, 0.25) is 0 Å². The van der Waals surface area contributed by atoms with Crippen molar-refractivity contribution < 1.29 is 24.2 Å². The van der Waals surface area contributed by atoms with Gasteiger partial charge < -0.3 is 15.2 Å². The van der Waals surface area contributed by atoms with Crippen LogP contribution in [0, 0.1) is 5.92 Å². The molecule has 0 aromatic heterocycles. The van der Waals surface area contributed by atoms with Gasteiger partial charge in [-0.25, -0.2) is 4.79 Å². The molecule has 0 spiro atoms. The number of aliphatic carboxylic acids is 1. The Morgan fingerprint density at radius 3 is 2.00 bits per heavy atom. The van der Waals surface area contributed by atoms with Crippen LogP contribution in [0.4, 0.5) is 16.2 Å². The molecule has 2 rings (SSSR count). The molecule has 0 aliphatic heterocycles. The first-order chi connectivity index (χ1) is 12.0. The van der Waals surface area contributed by atoms with Crippen molar-refractivity contribution in [2.24, 2.45) is 5.92 Å². The number of hydrogen-bond donors (Lipinski definition) is 3. The van der Waals surface area contributed by atoms with Gasteiger partial charge in [0, 0.05) is 11.4 Å². The van der Waals surface area contributed by atoms with Gasteiger partial charge >= 0.3 is 30.9 Å². The Hall–Kier alpha value is -2.75. The second-order valence-electron chi connectivity index (χ2n) is 5.26. The van der Waals surface area contributed by atoms with Crippen LogP contribution in [0.3, 0.4) is 0 Å². The topological polar surface area (TPSA) is 105 Å². The van der Waals surface area contributed by atoms with Gasteiger partial charge in [-0.05, 0) is 36.2 Å². The van der Waals surface area contributed by atoms with Crippen LogP contribution in [-0.4, -0.2) is 49.0 Å². The number of methoxy groups -OCH3 is 1. The maximum absolute atomic E-state index is 12.3. The van der Waals surface area contributed by atoms with E-state index in [1.807, 2.05) is 6.07 Å². The van der Waals surface area contributed by atoms with Crippen molar-refractivity contribution in [3.05, 3.63) is 60.2 Å². The van der Waals surface area contributed by atoms with Crippen LogP contribution in [0.5, 0.6) is 0 Å². The summed E-state index contributed by atoms with van der Waals surface area (Å²) in [5.74, 6) is -2.99. The monoisotopic (exact) mass is 350 g/mol. The van der Waals surface area contributed by atoms with Crippen molar-refractivity contribution in [2.45, 2.75) is 6.42 Å². The molecule has 0 radical (unpaired) electrons. The van der Waals surface area contributed by atoms with E-state index in [1.54, 1.807) is 48.5 Å². The van der Waals surface area contributed by atoms with Gasteiger partial charge in [0.1, 0.15) is 5.92 Å². The van der Waals surface area contributed by atoms with E-state index < -0.39 is 23.9 Å². The third kappa shape index (κ3) is 6.28. The van der Waals surface area contributed by atoms with E-state index >= 15 is 0 Å². The van der Waals surface area contributed by atoms with Crippen LogP contribution < -0.4 is 10.6 Å². The van der Waals surface area contributed by atoms with E-state index in [2.05, 4.69) is 15.4 Å². The molecule has 0 bridgehead atoms. The first-order valence-corrected chi connectivity index (χ1v) is 7.52. The molecule has 2 aromatic carbocycles. The van der Waals surface area contributed by atoms with E-state index in [0.29, 0.717) is 11.4 Å². The van der Waals surface area contributed by atoms with Gasteiger partial charge in [0.2, 0.25) is 5.91 Å². The Kier molecular flexibility index (Phi) is 8.42. The molecule has 2 aromatic rings.